The van der Waals surface area contributed by atoms with Gasteiger partial charge in [0.2, 0.25) is 0 Å². The van der Waals surface area contributed by atoms with Gasteiger partial charge in [-0.1, -0.05) is 6.07 Å². The Morgan fingerprint density at radius 2 is 2.00 bits per heavy atom. The van der Waals surface area contributed by atoms with E-state index < -0.39 is 0 Å². The molecule has 0 saturated heterocycles. The van der Waals surface area contributed by atoms with E-state index in [1.807, 2.05) is 26.8 Å². The van der Waals surface area contributed by atoms with Gasteiger partial charge in [0.15, 0.2) is 0 Å². The number of nitrogens with zero attached hydrogens (tertiary/aromatic N) is 1. The number of pyridine rings is 1. The highest BCUT2D eigenvalue weighted by molar-refractivity contribution is 5.93. The van der Waals surface area contributed by atoms with Crippen LogP contribution in [0.3, 0.4) is 0 Å². The van der Waals surface area contributed by atoms with Crippen LogP contribution in [0.25, 0.3) is 0 Å². The zero-order valence-corrected chi connectivity index (χ0v) is 15.4. The van der Waals surface area contributed by atoms with Gasteiger partial charge in [-0.15, -0.1) is 0 Å². The second-order valence-corrected chi connectivity index (χ2v) is 7.87. The summed E-state index contributed by atoms with van der Waals surface area (Å²) < 4.78 is 0. The summed E-state index contributed by atoms with van der Waals surface area (Å²) in [5, 5.41) is 12.6. The van der Waals surface area contributed by atoms with E-state index in [1.54, 1.807) is 30.5 Å². The Balaban J connectivity index is 1.74. The van der Waals surface area contributed by atoms with Gasteiger partial charge in [-0.25, -0.2) is 0 Å². The number of aryl methyl sites for hydroxylation is 1. The number of ketones is 1. The average molecular weight is 352 g/mol. The van der Waals surface area contributed by atoms with Crippen LogP contribution in [0, 0.1) is 0 Å². The Bertz CT molecular complexity index is 853. The van der Waals surface area contributed by atoms with E-state index in [9.17, 15) is 14.7 Å². The minimum absolute atomic E-state index is 0.0997. The van der Waals surface area contributed by atoms with E-state index in [0.29, 0.717) is 5.69 Å². The van der Waals surface area contributed by atoms with E-state index in [4.69, 9.17) is 0 Å². The van der Waals surface area contributed by atoms with Gasteiger partial charge in [-0.05, 0) is 74.6 Å². The smallest absolute Gasteiger partial charge is 0.270 e. The van der Waals surface area contributed by atoms with Gasteiger partial charge >= 0.3 is 0 Å². The van der Waals surface area contributed by atoms with Gasteiger partial charge in [0.25, 0.3) is 5.91 Å². The number of aromatic hydroxyl groups is 1. The highest BCUT2D eigenvalue weighted by atomic mass is 16.3. The van der Waals surface area contributed by atoms with E-state index in [1.165, 1.54) is 0 Å². The quantitative estimate of drug-likeness (QED) is 0.886. The lowest BCUT2D eigenvalue weighted by Crippen LogP contribution is -2.40. The first-order valence-corrected chi connectivity index (χ1v) is 8.85. The molecule has 1 aliphatic rings. The Hall–Kier alpha value is -2.69. The lowest BCUT2D eigenvalue weighted by atomic mass is 9.92. The molecule has 2 N–H and O–H groups in total. The largest absolute Gasteiger partial charge is 0.508 e. The molecule has 1 aromatic carbocycles. The maximum Gasteiger partial charge on any atom is 0.270 e. The normalized spacial score (nSPS) is 16.2. The van der Waals surface area contributed by atoms with Gasteiger partial charge in [0, 0.05) is 24.1 Å². The van der Waals surface area contributed by atoms with Crippen molar-refractivity contribution in [1.29, 1.82) is 0 Å². The third-order valence-corrected chi connectivity index (χ3v) is 4.52. The minimum Gasteiger partial charge on any atom is -0.508 e. The molecule has 1 heterocycles. The molecule has 26 heavy (non-hydrogen) atoms. The lowest BCUT2D eigenvalue weighted by molar-refractivity contribution is -0.119. The van der Waals surface area contributed by atoms with Crippen molar-refractivity contribution in [2.75, 3.05) is 0 Å². The van der Waals surface area contributed by atoms with E-state index in [-0.39, 0.29) is 35.3 Å². The number of hydrogen-bond donors (Lipinski definition) is 2. The standard InChI is InChI=1S/C21H24N2O3/c1-21(2,3)23-20(26)18-10-13(8-9-22-18)11-19(25)16-7-5-14-4-6-15(24)12-17(14)16/h4,6,8-10,12,16,24H,5,7,11H2,1-3H3,(H,23,26). The van der Waals surface area contributed by atoms with E-state index >= 15 is 0 Å². The van der Waals surface area contributed by atoms with Crippen LogP contribution in [0.5, 0.6) is 5.75 Å². The molecule has 0 saturated carbocycles. The van der Waals surface area contributed by atoms with Gasteiger partial charge in [0.1, 0.15) is 17.2 Å². The molecule has 5 nitrogen and oxygen atoms in total. The van der Waals surface area contributed by atoms with Crippen LogP contribution < -0.4 is 5.32 Å². The van der Waals surface area contributed by atoms with E-state index in [0.717, 1.165) is 29.5 Å². The van der Waals surface area contributed by atoms with Crippen molar-refractivity contribution in [3.8, 4) is 5.75 Å². The van der Waals surface area contributed by atoms with Crippen LogP contribution in [0.15, 0.2) is 36.5 Å². The fourth-order valence-electron chi connectivity index (χ4n) is 3.36. The molecule has 0 radical (unpaired) electrons. The number of nitrogens with one attached hydrogen (secondary N) is 1. The molecular formula is C21H24N2O3. The Morgan fingerprint density at radius 1 is 1.23 bits per heavy atom. The van der Waals surface area contributed by atoms with Crippen LogP contribution >= 0.6 is 0 Å². The first-order valence-electron chi connectivity index (χ1n) is 8.85. The van der Waals surface area contributed by atoms with Gasteiger partial charge in [0.05, 0.1) is 0 Å². The average Bonchev–Trinajstić information content (AvgIpc) is 2.96. The minimum atomic E-state index is -0.347. The zero-order valence-electron chi connectivity index (χ0n) is 15.4. The summed E-state index contributed by atoms with van der Waals surface area (Å²) in [7, 11) is 0. The number of Topliss-reactive ketones (excluding diaryl/α,β-unsaturated/α-hetero) is 1. The van der Waals surface area contributed by atoms with Crippen molar-refractivity contribution in [1.82, 2.24) is 10.3 Å². The van der Waals surface area contributed by atoms with Crippen LogP contribution in [-0.2, 0) is 17.6 Å². The fourth-order valence-corrected chi connectivity index (χ4v) is 3.36. The number of phenolic OH excluding ortho intramolecular Hbond substituents is 1. The molecule has 1 aliphatic carbocycles. The summed E-state index contributed by atoms with van der Waals surface area (Å²) in [6.07, 6.45) is 3.42. The number of hydrogen-bond acceptors (Lipinski definition) is 4. The third-order valence-electron chi connectivity index (χ3n) is 4.52. The summed E-state index contributed by atoms with van der Waals surface area (Å²) in [4.78, 5) is 29.2. The van der Waals surface area contributed by atoms with Crippen molar-refractivity contribution in [2.24, 2.45) is 0 Å². The molecule has 0 fully saturated rings. The second kappa shape index (κ2) is 6.90. The number of aromatic nitrogens is 1. The van der Waals surface area contributed by atoms with Crippen LogP contribution in [0.1, 0.15) is 60.3 Å². The highest BCUT2D eigenvalue weighted by Crippen LogP contribution is 2.36. The maximum absolute atomic E-state index is 12.8. The molecule has 1 unspecified atom stereocenters. The fraction of sp³-hybridized carbons (Fsp3) is 0.381. The molecule has 3 rings (SSSR count). The number of amides is 1. The zero-order chi connectivity index (χ0) is 18.9. The third kappa shape index (κ3) is 4.10. The predicted molar refractivity (Wildman–Crippen MR) is 99.3 cm³/mol. The van der Waals surface area contributed by atoms with Crippen LogP contribution in [0.2, 0.25) is 0 Å². The molecule has 1 amide bonds. The first-order chi connectivity index (χ1) is 12.2. The number of rotatable bonds is 4. The molecule has 1 aromatic heterocycles. The van der Waals surface area contributed by atoms with Crippen molar-refractivity contribution in [3.63, 3.8) is 0 Å². The molecule has 0 spiro atoms. The number of benzene rings is 1. The van der Waals surface area contributed by atoms with Crippen LogP contribution in [0.4, 0.5) is 0 Å². The summed E-state index contributed by atoms with van der Waals surface area (Å²) in [5.41, 5.74) is 2.79. The maximum atomic E-state index is 12.8. The Labute approximate surface area is 153 Å². The summed E-state index contributed by atoms with van der Waals surface area (Å²) in [5.74, 6) is -0.156. The number of carbonyl (C=O) groups is 2. The second-order valence-electron chi connectivity index (χ2n) is 7.87. The molecule has 1 atom stereocenters. The molecule has 5 heteroatoms. The van der Waals surface area contributed by atoms with Gasteiger partial charge in [-0.2, -0.15) is 0 Å². The van der Waals surface area contributed by atoms with Crippen molar-refractivity contribution < 1.29 is 14.7 Å². The van der Waals surface area contributed by atoms with Crippen LogP contribution in [-0.4, -0.2) is 27.3 Å². The summed E-state index contributed by atoms with van der Waals surface area (Å²) in [6, 6.07) is 8.69. The molecular weight excluding hydrogens is 328 g/mol. The lowest BCUT2D eigenvalue weighted by Gasteiger charge is -2.20. The number of carbonyl (C=O) groups excluding carboxylic acids is 2. The Morgan fingerprint density at radius 3 is 2.73 bits per heavy atom. The topological polar surface area (TPSA) is 79.3 Å². The van der Waals surface area contributed by atoms with Crippen molar-refractivity contribution in [3.05, 3.63) is 58.9 Å². The summed E-state index contributed by atoms with van der Waals surface area (Å²) >= 11 is 0. The van der Waals surface area contributed by atoms with Crippen molar-refractivity contribution in [2.45, 2.75) is 51.5 Å². The molecule has 136 valence electrons. The van der Waals surface area contributed by atoms with E-state index in [2.05, 4.69) is 10.3 Å². The van der Waals surface area contributed by atoms with Gasteiger partial charge in [-0.3, -0.25) is 14.6 Å². The summed E-state index contributed by atoms with van der Waals surface area (Å²) in [6.45, 7) is 5.72. The molecule has 0 aliphatic heterocycles. The SMILES string of the molecule is CC(C)(C)NC(=O)c1cc(CC(=O)C2CCc3ccc(O)cc32)ccn1. The number of fused-ring (bicyclic) bond motifs is 1. The molecule has 0 bridgehead atoms. The van der Waals surface area contributed by atoms with Gasteiger partial charge < -0.3 is 10.4 Å². The highest BCUT2D eigenvalue weighted by Gasteiger charge is 2.29. The number of phenols is 1. The molecule has 2 aromatic rings. The van der Waals surface area contributed by atoms with Crippen molar-refractivity contribution >= 4 is 11.7 Å². The first kappa shape index (κ1) is 18.1. The Kier molecular flexibility index (Phi) is 4.81. The monoisotopic (exact) mass is 352 g/mol. The predicted octanol–water partition coefficient (Wildman–Crippen LogP) is 3.16.